The average molecular weight is 302 g/mol. The molecule has 0 aliphatic heterocycles. The molecule has 0 aromatic carbocycles. The standard InChI is InChI=1S/C14H26N2O5/c1-5-15(10-13(19)21-6-2)14(20)16(11(3)4)9-7-8-12(17)18/h11H,5-10H2,1-4H3,(H,17,18). The van der Waals surface area contributed by atoms with E-state index in [9.17, 15) is 14.4 Å². The number of esters is 1. The van der Waals surface area contributed by atoms with E-state index in [4.69, 9.17) is 9.84 Å². The summed E-state index contributed by atoms with van der Waals surface area (Å²) in [6, 6.07) is -0.339. The van der Waals surface area contributed by atoms with E-state index in [0.29, 0.717) is 19.5 Å². The fourth-order valence-corrected chi connectivity index (χ4v) is 1.83. The molecule has 0 aromatic rings. The first kappa shape index (κ1) is 19.2. The lowest BCUT2D eigenvalue weighted by Gasteiger charge is -2.32. The third kappa shape index (κ3) is 7.53. The van der Waals surface area contributed by atoms with Gasteiger partial charge in [0.2, 0.25) is 0 Å². The van der Waals surface area contributed by atoms with Crippen LogP contribution in [0.5, 0.6) is 0 Å². The van der Waals surface area contributed by atoms with Crippen LogP contribution in [0.4, 0.5) is 4.79 Å². The number of hydrogen-bond donors (Lipinski definition) is 1. The van der Waals surface area contributed by atoms with E-state index in [1.807, 2.05) is 13.8 Å². The second-order valence-electron chi connectivity index (χ2n) is 4.89. The number of hydrogen-bond acceptors (Lipinski definition) is 4. The lowest BCUT2D eigenvalue weighted by Crippen LogP contribution is -2.48. The van der Waals surface area contributed by atoms with Crippen LogP contribution in [-0.2, 0) is 14.3 Å². The van der Waals surface area contributed by atoms with E-state index in [1.54, 1.807) is 18.7 Å². The number of amides is 2. The Kier molecular flexibility index (Phi) is 9.16. The number of nitrogens with zero attached hydrogens (tertiary/aromatic N) is 2. The highest BCUT2D eigenvalue weighted by Gasteiger charge is 2.24. The lowest BCUT2D eigenvalue weighted by atomic mass is 10.2. The van der Waals surface area contributed by atoms with Crippen molar-refractivity contribution in [3.05, 3.63) is 0 Å². The molecule has 1 N–H and O–H groups in total. The molecule has 0 aromatic heterocycles. The molecule has 0 heterocycles. The number of carboxylic acids is 1. The first-order valence-electron chi connectivity index (χ1n) is 7.26. The molecule has 0 spiro atoms. The summed E-state index contributed by atoms with van der Waals surface area (Å²) >= 11 is 0. The molecule has 0 fully saturated rings. The smallest absolute Gasteiger partial charge is 0.325 e. The number of carbonyl (C=O) groups excluding carboxylic acids is 2. The van der Waals surface area contributed by atoms with E-state index in [-0.39, 0.29) is 31.6 Å². The average Bonchev–Trinajstić information content (AvgIpc) is 2.39. The molecule has 0 atom stereocenters. The number of carboxylic acid groups (broad SMARTS) is 1. The van der Waals surface area contributed by atoms with Crippen LogP contribution in [0.3, 0.4) is 0 Å². The Labute approximate surface area is 125 Å². The van der Waals surface area contributed by atoms with E-state index in [0.717, 1.165) is 0 Å². The fourth-order valence-electron chi connectivity index (χ4n) is 1.83. The van der Waals surface area contributed by atoms with Gasteiger partial charge in [0.15, 0.2) is 0 Å². The summed E-state index contributed by atoms with van der Waals surface area (Å²) in [7, 11) is 0. The Balaban J connectivity index is 4.66. The predicted octanol–water partition coefficient (Wildman–Crippen LogP) is 1.57. The molecule has 0 aliphatic carbocycles. The number of rotatable bonds is 9. The monoisotopic (exact) mass is 302 g/mol. The quantitative estimate of drug-likeness (QED) is 0.653. The van der Waals surface area contributed by atoms with Crippen LogP contribution in [-0.4, -0.2) is 65.2 Å². The van der Waals surface area contributed by atoms with Gasteiger partial charge in [-0.15, -0.1) is 0 Å². The van der Waals surface area contributed by atoms with Gasteiger partial charge in [0, 0.05) is 25.6 Å². The minimum Gasteiger partial charge on any atom is -0.481 e. The molecule has 0 unspecified atom stereocenters. The highest BCUT2D eigenvalue weighted by Crippen LogP contribution is 2.07. The van der Waals surface area contributed by atoms with Gasteiger partial charge in [-0.1, -0.05) is 0 Å². The van der Waals surface area contributed by atoms with Crippen molar-refractivity contribution in [2.24, 2.45) is 0 Å². The summed E-state index contributed by atoms with van der Waals surface area (Å²) in [5, 5.41) is 8.66. The highest BCUT2D eigenvalue weighted by molar-refractivity contribution is 5.81. The van der Waals surface area contributed by atoms with Crippen LogP contribution in [0, 0.1) is 0 Å². The van der Waals surface area contributed by atoms with Crippen molar-refractivity contribution in [2.75, 3.05) is 26.2 Å². The largest absolute Gasteiger partial charge is 0.481 e. The molecule has 2 amide bonds. The molecule has 7 heteroatoms. The number of ether oxygens (including phenoxy) is 1. The minimum atomic E-state index is -0.884. The predicted molar refractivity (Wildman–Crippen MR) is 78.0 cm³/mol. The Hall–Kier alpha value is -1.79. The molecule has 0 aliphatic rings. The Morgan fingerprint density at radius 3 is 2.24 bits per heavy atom. The van der Waals surface area contributed by atoms with Gasteiger partial charge in [0.05, 0.1) is 6.61 Å². The first-order valence-corrected chi connectivity index (χ1v) is 7.26. The Morgan fingerprint density at radius 1 is 1.19 bits per heavy atom. The van der Waals surface area contributed by atoms with Gasteiger partial charge in [0.25, 0.3) is 0 Å². The number of urea groups is 1. The zero-order chi connectivity index (χ0) is 16.4. The maximum atomic E-state index is 12.4. The molecule has 0 rings (SSSR count). The van der Waals surface area contributed by atoms with Crippen LogP contribution >= 0.6 is 0 Å². The van der Waals surface area contributed by atoms with E-state index >= 15 is 0 Å². The fraction of sp³-hybridized carbons (Fsp3) is 0.786. The third-order valence-corrected chi connectivity index (χ3v) is 2.94. The van der Waals surface area contributed by atoms with Crippen LogP contribution in [0.1, 0.15) is 40.5 Å². The van der Waals surface area contributed by atoms with Crippen molar-refractivity contribution < 1.29 is 24.2 Å². The summed E-state index contributed by atoms with van der Waals surface area (Å²) < 4.78 is 4.85. The zero-order valence-corrected chi connectivity index (χ0v) is 13.3. The topological polar surface area (TPSA) is 87.2 Å². The SMILES string of the molecule is CCOC(=O)CN(CC)C(=O)N(CCCC(=O)O)C(C)C. The van der Waals surface area contributed by atoms with Crippen molar-refractivity contribution in [3.63, 3.8) is 0 Å². The van der Waals surface area contributed by atoms with Crippen LogP contribution in [0.2, 0.25) is 0 Å². The van der Waals surface area contributed by atoms with Gasteiger partial charge >= 0.3 is 18.0 Å². The molecule has 0 saturated carbocycles. The van der Waals surface area contributed by atoms with Crippen LogP contribution in [0.25, 0.3) is 0 Å². The normalized spacial score (nSPS) is 10.3. The van der Waals surface area contributed by atoms with Crippen molar-refractivity contribution >= 4 is 18.0 Å². The van der Waals surface area contributed by atoms with Gasteiger partial charge in [0.1, 0.15) is 6.54 Å². The zero-order valence-electron chi connectivity index (χ0n) is 13.3. The number of likely N-dealkylation sites (N-methyl/N-ethyl adjacent to an activating group) is 1. The summed E-state index contributed by atoms with van der Waals surface area (Å²) in [6.45, 7) is 8.13. The summed E-state index contributed by atoms with van der Waals surface area (Å²) in [6.07, 6.45) is 0.400. The van der Waals surface area contributed by atoms with Crippen molar-refractivity contribution in [2.45, 2.75) is 46.6 Å². The van der Waals surface area contributed by atoms with E-state index < -0.39 is 11.9 Å². The molecule has 21 heavy (non-hydrogen) atoms. The summed E-state index contributed by atoms with van der Waals surface area (Å²) in [4.78, 5) is 37.5. The minimum absolute atomic E-state index is 0.0144. The second-order valence-corrected chi connectivity index (χ2v) is 4.89. The van der Waals surface area contributed by atoms with Crippen molar-refractivity contribution in [1.29, 1.82) is 0 Å². The number of aliphatic carboxylic acids is 1. The molecule has 0 bridgehead atoms. The number of carbonyl (C=O) groups is 3. The van der Waals surface area contributed by atoms with Gasteiger partial charge < -0.3 is 19.6 Å². The van der Waals surface area contributed by atoms with Crippen LogP contribution in [0.15, 0.2) is 0 Å². The van der Waals surface area contributed by atoms with Gasteiger partial charge in [-0.05, 0) is 34.1 Å². The maximum absolute atomic E-state index is 12.4. The van der Waals surface area contributed by atoms with Crippen molar-refractivity contribution in [1.82, 2.24) is 9.80 Å². The first-order chi connectivity index (χ1) is 9.83. The Bertz CT molecular complexity index is 357. The van der Waals surface area contributed by atoms with Crippen molar-refractivity contribution in [3.8, 4) is 0 Å². The van der Waals surface area contributed by atoms with E-state index in [2.05, 4.69) is 0 Å². The Morgan fingerprint density at radius 2 is 1.81 bits per heavy atom. The van der Waals surface area contributed by atoms with Crippen LogP contribution < -0.4 is 0 Å². The molecule has 122 valence electrons. The third-order valence-electron chi connectivity index (χ3n) is 2.94. The molecule has 0 saturated heterocycles. The maximum Gasteiger partial charge on any atom is 0.325 e. The molecule has 7 nitrogen and oxygen atoms in total. The second kappa shape index (κ2) is 10.0. The lowest BCUT2D eigenvalue weighted by molar-refractivity contribution is -0.143. The molecule has 0 radical (unpaired) electrons. The van der Waals surface area contributed by atoms with E-state index in [1.165, 1.54) is 4.90 Å². The summed E-state index contributed by atoms with van der Waals surface area (Å²) in [5.41, 5.74) is 0. The van der Waals surface area contributed by atoms with Gasteiger partial charge in [-0.2, -0.15) is 0 Å². The molecular formula is C14H26N2O5. The molecular weight excluding hydrogens is 276 g/mol. The summed E-state index contributed by atoms with van der Waals surface area (Å²) in [5.74, 6) is -1.33. The highest BCUT2D eigenvalue weighted by atomic mass is 16.5. The van der Waals surface area contributed by atoms with Gasteiger partial charge in [-0.25, -0.2) is 4.79 Å². The van der Waals surface area contributed by atoms with Gasteiger partial charge in [-0.3, -0.25) is 9.59 Å².